The first-order chi connectivity index (χ1) is 8.95. The van der Waals surface area contributed by atoms with Gasteiger partial charge in [-0.3, -0.25) is 0 Å². The molecular weight excluding hydrogens is 350 g/mol. The van der Waals surface area contributed by atoms with E-state index in [1.54, 1.807) is 22.5 Å². The van der Waals surface area contributed by atoms with Crippen LogP contribution in [-0.4, -0.2) is 25.8 Å². The SMILES string of the molecule is CCCN(CC1CC1)S(=O)(=O)c1ccc(Cl)c(Br)c1. The van der Waals surface area contributed by atoms with Gasteiger partial charge in [0.25, 0.3) is 0 Å². The predicted molar refractivity (Wildman–Crippen MR) is 80.9 cm³/mol. The van der Waals surface area contributed by atoms with Gasteiger partial charge in [0.05, 0.1) is 9.92 Å². The Morgan fingerprint density at radius 1 is 1.42 bits per heavy atom. The van der Waals surface area contributed by atoms with Gasteiger partial charge in [0.2, 0.25) is 10.0 Å². The molecule has 0 amide bonds. The van der Waals surface area contributed by atoms with E-state index in [9.17, 15) is 8.42 Å². The van der Waals surface area contributed by atoms with Crippen LogP contribution in [-0.2, 0) is 10.0 Å². The van der Waals surface area contributed by atoms with Crippen LogP contribution in [0.15, 0.2) is 27.6 Å². The van der Waals surface area contributed by atoms with Gasteiger partial charge in [-0.25, -0.2) is 8.42 Å². The largest absolute Gasteiger partial charge is 0.243 e. The van der Waals surface area contributed by atoms with Gasteiger partial charge in [0, 0.05) is 17.6 Å². The van der Waals surface area contributed by atoms with Crippen LogP contribution in [0.2, 0.25) is 5.02 Å². The highest BCUT2D eigenvalue weighted by molar-refractivity contribution is 9.10. The zero-order valence-corrected chi connectivity index (χ0v) is 13.9. The molecule has 1 aliphatic rings. The van der Waals surface area contributed by atoms with Crippen molar-refractivity contribution in [2.45, 2.75) is 31.1 Å². The molecule has 0 atom stereocenters. The summed E-state index contributed by atoms with van der Waals surface area (Å²) >= 11 is 9.19. The van der Waals surface area contributed by atoms with E-state index in [-0.39, 0.29) is 0 Å². The van der Waals surface area contributed by atoms with Gasteiger partial charge < -0.3 is 0 Å². The highest BCUT2D eigenvalue weighted by atomic mass is 79.9. The third-order valence-electron chi connectivity index (χ3n) is 3.16. The summed E-state index contributed by atoms with van der Waals surface area (Å²) in [7, 11) is -3.41. The summed E-state index contributed by atoms with van der Waals surface area (Å²) in [6.45, 7) is 3.20. The number of hydrogen-bond acceptors (Lipinski definition) is 2. The Morgan fingerprint density at radius 2 is 2.11 bits per heavy atom. The van der Waals surface area contributed by atoms with Crippen molar-refractivity contribution in [2.75, 3.05) is 13.1 Å². The van der Waals surface area contributed by atoms with Crippen molar-refractivity contribution in [3.63, 3.8) is 0 Å². The first-order valence-corrected chi connectivity index (χ1v) is 9.01. The van der Waals surface area contributed by atoms with Gasteiger partial charge in [0.1, 0.15) is 0 Å². The van der Waals surface area contributed by atoms with Crippen molar-refractivity contribution in [3.05, 3.63) is 27.7 Å². The molecule has 1 aromatic rings. The monoisotopic (exact) mass is 365 g/mol. The Morgan fingerprint density at radius 3 is 2.63 bits per heavy atom. The number of benzene rings is 1. The van der Waals surface area contributed by atoms with Gasteiger partial charge in [-0.2, -0.15) is 4.31 Å². The molecule has 0 bridgehead atoms. The molecule has 0 N–H and O–H groups in total. The predicted octanol–water partition coefficient (Wildman–Crippen LogP) is 3.91. The van der Waals surface area contributed by atoms with Gasteiger partial charge in [-0.05, 0) is 59.3 Å². The zero-order valence-electron chi connectivity index (χ0n) is 10.8. The van der Waals surface area contributed by atoms with E-state index in [2.05, 4.69) is 15.9 Å². The normalized spacial score (nSPS) is 16.0. The lowest BCUT2D eigenvalue weighted by molar-refractivity contribution is 0.395. The molecule has 0 heterocycles. The molecule has 1 aliphatic carbocycles. The Labute approximate surface area is 128 Å². The van der Waals surface area contributed by atoms with E-state index in [0.29, 0.717) is 33.4 Å². The van der Waals surface area contributed by atoms with Crippen LogP contribution in [0.4, 0.5) is 0 Å². The molecule has 0 aromatic heterocycles. The third kappa shape index (κ3) is 3.72. The molecular formula is C13H17BrClNO2S. The van der Waals surface area contributed by atoms with Crippen molar-refractivity contribution in [1.29, 1.82) is 0 Å². The molecule has 3 nitrogen and oxygen atoms in total. The highest BCUT2D eigenvalue weighted by Crippen LogP contribution is 2.32. The lowest BCUT2D eigenvalue weighted by Crippen LogP contribution is -2.33. The van der Waals surface area contributed by atoms with Crippen LogP contribution in [0.3, 0.4) is 0 Å². The number of hydrogen-bond donors (Lipinski definition) is 0. The highest BCUT2D eigenvalue weighted by Gasteiger charge is 2.31. The first kappa shape index (κ1) is 15.3. The molecule has 0 unspecified atom stereocenters. The fourth-order valence-corrected chi connectivity index (χ4v) is 4.22. The molecule has 1 aromatic carbocycles. The van der Waals surface area contributed by atoms with Gasteiger partial charge in [0.15, 0.2) is 0 Å². The van der Waals surface area contributed by atoms with Crippen LogP contribution in [0, 0.1) is 5.92 Å². The van der Waals surface area contributed by atoms with E-state index in [4.69, 9.17) is 11.6 Å². The minimum absolute atomic E-state index is 0.304. The number of sulfonamides is 1. The molecule has 6 heteroatoms. The van der Waals surface area contributed by atoms with Crippen LogP contribution in [0.5, 0.6) is 0 Å². The molecule has 19 heavy (non-hydrogen) atoms. The second-order valence-corrected chi connectivity index (χ2v) is 8.08. The average Bonchev–Trinajstić information content (AvgIpc) is 3.16. The maximum absolute atomic E-state index is 12.6. The lowest BCUT2D eigenvalue weighted by Gasteiger charge is -2.21. The van der Waals surface area contributed by atoms with Crippen molar-refractivity contribution < 1.29 is 8.42 Å². The summed E-state index contributed by atoms with van der Waals surface area (Å²) in [5.41, 5.74) is 0. The van der Waals surface area contributed by atoms with Gasteiger partial charge in [-0.15, -0.1) is 0 Å². The van der Waals surface area contributed by atoms with E-state index >= 15 is 0 Å². The fraction of sp³-hybridized carbons (Fsp3) is 0.538. The lowest BCUT2D eigenvalue weighted by atomic mass is 10.4. The molecule has 0 spiro atoms. The minimum Gasteiger partial charge on any atom is -0.207 e. The Balaban J connectivity index is 2.28. The molecule has 1 saturated carbocycles. The molecule has 0 aliphatic heterocycles. The summed E-state index contributed by atoms with van der Waals surface area (Å²) in [6.07, 6.45) is 3.10. The molecule has 2 rings (SSSR count). The molecule has 1 fully saturated rings. The van der Waals surface area contributed by atoms with E-state index in [1.807, 2.05) is 6.92 Å². The fourth-order valence-electron chi connectivity index (χ4n) is 1.93. The van der Waals surface area contributed by atoms with Gasteiger partial charge in [-0.1, -0.05) is 18.5 Å². The van der Waals surface area contributed by atoms with Crippen LogP contribution in [0.25, 0.3) is 0 Å². The summed E-state index contributed by atoms with van der Waals surface area (Å²) in [5, 5.41) is 0.517. The smallest absolute Gasteiger partial charge is 0.207 e. The second kappa shape index (κ2) is 6.12. The zero-order chi connectivity index (χ0) is 14.0. The summed E-state index contributed by atoms with van der Waals surface area (Å²) < 4.78 is 27.4. The molecule has 106 valence electrons. The van der Waals surface area contributed by atoms with Crippen LogP contribution in [0.1, 0.15) is 26.2 Å². The maximum Gasteiger partial charge on any atom is 0.243 e. The van der Waals surface area contributed by atoms with Crippen molar-refractivity contribution >= 4 is 37.6 Å². The Kier molecular flexibility index (Phi) is 4.93. The number of rotatable bonds is 6. The molecule has 0 saturated heterocycles. The Bertz CT molecular complexity index is 558. The summed E-state index contributed by atoms with van der Waals surface area (Å²) in [5.74, 6) is 0.539. The van der Waals surface area contributed by atoms with Gasteiger partial charge >= 0.3 is 0 Å². The van der Waals surface area contributed by atoms with Crippen molar-refractivity contribution in [2.24, 2.45) is 5.92 Å². The van der Waals surface area contributed by atoms with Crippen molar-refractivity contribution in [1.82, 2.24) is 4.31 Å². The minimum atomic E-state index is -3.41. The van der Waals surface area contributed by atoms with Crippen LogP contribution >= 0.6 is 27.5 Å². The van der Waals surface area contributed by atoms with E-state index in [1.165, 1.54) is 0 Å². The standard InChI is InChI=1S/C13H17BrClNO2S/c1-2-7-16(9-10-3-4-10)19(17,18)11-5-6-13(15)12(14)8-11/h5-6,8,10H,2-4,7,9H2,1H3. The quantitative estimate of drug-likeness (QED) is 0.765. The topological polar surface area (TPSA) is 37.4 Å². The summed E-state index contributed by atoms with van der Waals surface area (Å²) in [6, 6.07) is 4.75. The maximum atomic E-state index is 12.6. The Hall–Kier alpha value is -0.100. The average molecular weight is 367 g/mol. The second-order valence-electron chi connectivity index (χ2n) is 4.88. The number of halogens is 2. The third-order valence-corrected chi connectivity index (χ3v) is 6.24. The molecule has 0 radical (unpaired) electrons. The van der Waals surface area contributed by atoms with Crippen LogP contribution < -0.4 is 0 Å². The van der Waals surface area contributed by atoms with E-state index < -0.39 is 10.0 Å². The van der Waals surface area contributed by atoms with E-state index in [0.717, 1.165) is 19.3 Å². The first-order valence-electron chi connectivity index (χ1n) is 6.40. The van der Waals surface area contributed by atoms with Crippen molar-refractivity contribution in [3.8, 4) is 0 Å². The summed E-state index contributed by atoms with van der Waals surface area (Å²) in [4.78, 5) is 0.304. The number of nitrogens with zero attached hydrogens (tertiary/aromatic N) is 1.